The van der Waals surface area contributed by atoms with E-state index in [1.807, 2.05) is 6.07 Å². The molecule has 0 saturated heterocycles. The average molecular weight is 252 g/mol. The van der Waals surface area contributed by atoms with Crippen molar-refractivity contribution in [1.29, 1.82) is 5.26 Å². The van der Waals surface area contributed by atoms with Gasteiger partial charge in [0.2, 0.25) is 0 Å². The van der Waals surface area contributed by atoms with Crippen LogP contribution in [-0.4, -0.2) is 11.1 Å². The SMILES string of the molecule is N#Cc1ccccc1C(C(=O)O)c1ccccc1N. The highest BCUT2D eigenvalue weighted by Crippen LogP contribution is 2.31. The van der Waals surface area contributed by atoms with Crippen LogP contribution in [0.1, 0.15) is 22.6 Å². The van der Waals surface area contributed by atoms with E-state index in [-0.39, 0.29) is 0 Å². The molecule has 2 aromatic rings. The summed E-state index contributed by atoms with van der Waals surface area (Å²) in [6.45, 7) is 0. The number of aliphatic carboxylic acids is 1. The van der Waals surface area contributed by atoms with E-state index in [0.29, 0.717) is 22.4 Å². The van der Waals surface area contributed by atoms with Crippen LogP contribution in [0.5, 0.6) is 0 Å². The lowest BCUT2D eigenvalue weighted by atomic mass is 9.87. The highest BCUT2D eigenvalue weighted by Gasteiger charge is 2.26. The third-order valence-corrected chi connectivity index (χ3v) is 2.95. The number of nitrogen functional groups attached to an aromatic ring is 1. The second-order valence-electron chi connectivity index (χ2n) is 4.10. The van der Waals surface area contributed by atoms with Crippen molar-refractivity contribution < 1.29 is 9.90 Å². The minimum Gasteiger partial charge on any atom is -0.481 e. The number of carbonyl (C=O) groups is 1. The Bertz CT molecular complexity index is 659. The fourth-order valence-corrected chi connectivity index (χ4v) is 2.06. The summed E-state index contributed by atoms with van der Waals surface area (Å²) in [5.74, 6) is -1.96. The highest BCUT2D eigenvalue weighted by atomic mass is 16.4. The molecule has 2 aromatic carbocycles. The van der Waals surface area contributed by atoms with Crippen molar-refractivity contribution in [3.63, 3.8) is 0 Å². The number of carboxylic acid groups (broad SMARTS) is 1. The van der Waals surface area contributed by atoms with Crippen LogP contribution in [0.3, 0.4) is 0 Å². The normalized spacial score (nSPS) is 11.5. The number of benzene rings is 2. The summed E-state index contributed by atoms with van der Waals surface area (Å²) < 4.78 is 0. The number of nitriles is 1. The molecule has 0 spiro atoms. The van der Waals surface area contributed by atoms with E-state index < -0.39 is 11.9 Å². The zero-order chi connectivity index (χ0) is 13.8. The molecular formula is C15H12N2O2. The Kier molecular flexibility index (Phi) is 3.48. The molecule has 0 aliphatic carbocycles. The van der Waals surface area contributed by atoms with Crippen LogP contribution in [0.2, 0.25) is 0 Å². The van der Waals surface area contributed by atoms with Crippen LogP contribution < -0.4 is 5.73 Å². The molecule has 0 aromatic heterocycles. The molecule has 94 valence electrons. The molecular weight excluding hydrogens is 240 g/mol. The van der Waals surface area contributed by atoms with E-state index in [1.54, 1.807) is 48.5 Å². The van der Waals surface area contributed by atoms with Crippen molar-refractivity contribution in [3.8, 4) is 6.07 Å². The van der Waals surface area contributed by atoms with Gasteiger partial charge < -0.3 is 10.8 Å². The van der Waals surface area contributed by atoms with Gasteiger partial charge in [-0.3, -0.25) is 4.79 Å². The molecule has 0 bridgehead atoms. The van der Waals surface area contributed by atoms with Crippen LogP contribution in [0, 0.1) is 11.3 Å². The summed E-state index contributed by atoms with van der Waals surface area (Å²) in [5.41, 5.74) is 7.54. The summed E-state index contributed by atoms with van der Waals surface area (Å²) in [5, 5.41) is 18.6. The minimum atomic E-state index is -1.03. The van der Waals surface area contributed by atoms with Gasteiger partial charge in [0, 0.05) is 5.69 Å². The smallest absolute Gasteiger partial charge is 0.315 e. The van der Waals surface area contributed by atoms with Gasteiger partial charge in [0.05, 0.1) is 11.6 Å². The number of nitrogens with zero attached hydrogens (tertiary/aromatic N) is 1. The maximum absolute atomic E-state index is 11.6. The summed E-state index contributed by atoms with van der Waals surface area (Å²) in [7, 11) is 0. The van der Waals surface area contributed by atoms with E-state index in [1.165, 1.54) is 0 Å². The van der Waals surface area contributed by atoms with Gasteiger partial charge in [-0.05, 0) is 23.3 Å². The van der Waals surface area contributed by atoms with E-state index in [2.05, 4.69) is 0 Å². The van der Waals surface area contributed by atoms with Crippen LogP contribution in [0.15, 0.2) is 48.5 Å². The van der Waals surface area contributed by atoms with E-state index >= 15 is 0 Å². The highest BCUT2D eigenvalue weighted by molar-refractivity contribution is 5.83. The van der Waals surface area contributed by atoms with Crippen molar-refractivity contribution in [3.05, 3.63) is 65.2 Å². The van der Waals surface area contributed by atoms with E-state index in [9.17, 15) is 9.90 Å². The molecule has 0 fully saturated rings. The number of rotatable bonds is 3. The summed E-state index contributed by atoms with van der Waals surface area (Å²) >= 11 is 0. The number of carboxylic acids is 1. The maximum atomic E-state index is 11.6. The quantitative estimate of drug-likeness (QED) is 0.821. The largest absolute Gasteiger partial charge is 0.481 e. The number of para-hydroxylation sites is 1. The monoisotopic (exact) mass is 252 g/mol. The number of nitrogens with two attached hydrogens (primary N) is 1. The first-order valence-electron chi connectivity index (χ1n) is 5.71. The van der Waals surface area contributed by atoms with Gasteiger partial charge in [0.1, 0.15) is 5.92 Å². The van der Waals surface area contributed by atoms with Gasteiger partial charge in [-0.15, -0.1) is 0 Å². The molecule has 1 atom stereocenters. The van der Waals surface area contributed by atoms with Crippen molar-refractivity contribution in [2.45, 2.75) is 5.92 Å². The second-order valence-corrected chi connectivity index (χ2v) is 4.10. The Hall–Kier alpha value is -2.80. The first-order valence-corrected chi connectivity index (χ1v) is 5.71. The van der Waals surface area contributed by atoms with Crippen LogP contribution in [0.25, 0.3) is 0 Å². The Morgan fingerprint density at radius 3 is 2.26 bits per heavy atom. The van der Waals surface area contributed by atoms with E-state index in [0.717, 1.165) is 0 Å². The van der Waals surface area contributed by atoms with Crippen molar-refractivity contribution in [1.82, 2.24) is 0 Å². The molecule has 3 N–H and O–H groups in total. The third kappa shape index (κ3) is 2.40. The van der Waals surface area contributed by atoms with Crippen molar-refractivity contribution >= 4 is 11.7 Å². The standard InChI is InChI=1S/C15H12N2O2/c16-9-10-5-1-2-6-11(10)14(15(18)19)12-7-3-4-8-13(12)17/h1-8,14H,17H2,(H,18,19). The molecule has 1 unspecified atom stereocenters. The molecule has 0 saturated carbocycles. The molecule has 0 aliphatic heterocycles. The van der Waals surface area contributed by atoms with Gasteiger partial charge in [0.15, 0.2) is 0 Å². The van der Waals surface area contributed by atoms with Crippen LogP contribution in [0.4, 0.5) is 5.69 Å². The fourth-order valence-electron chi connectivity index (χ4n) is 2.06. The second kappa shape index (κ2) is 5.23. The van der Waals surface area contributed by atoms with E-state index in [4.69, 9.17) is 11.0 Å². The summed E-state index contributed by atoms with van der Waals surface area (Å²) in [4.78, 5) is 11.6. The Morgan fingerprint density at radius 2 is 1.68 bits per heavy atom. The predicted octanol–water partition coefficient (Wildman–Crippen LogP) is 2.36. The lowest BCUT2D eigenvalue weighted by Crippen LogP contribution is -2.16. The number of hydrogen-bond donors (Lipinski definition) is 2. The van der Waals surface area contributed by atoms with Crippen molar-refractivity contribution in [2.24, 2.45) is 0 Å². The lowest BCUT2D eigenvalue weighted by Gasteiger charge is -2.16. The Labute approximate surface area is 110 Å². The molecule has 2 rings (SSSR count). The molecule has 19 heavy (non-hydrogen) atoms. The molecule has 0 amide bonds. The van der Waals surface area contributed by atoms with Gasteiger partial charge in [-0.1, -0.05) is 36.4 Å². The van der Waals surface area contributed by atoms with Crippen LogP contribution >= 0.6 is 0 Å². The zero-order valence-corrected chi connectivity index (χ0v) is 10.1. The molecule has 0 radical (unpaired) electrons. The molecule has 4 nitrogen and oxygen atoms in total. The summed E-state index contributed by atoms with van der Waals surface area (Å²) in [6, 6.07) is 15.5. The maximum Gasteiger partial charge on any atom is 0.315 e. The fraction of sp³-hybridized carbons (Fsp3) is 0.0667. The van der Waals surface area contributed by atoms with Gasteiger partial charge in [-0.2, -0.15) is 5.26 Å². The zero-order valence-electron chi connectivity index (χ0n) is 10.1. The Morgan fingerprint density at radius 1 is 1.11 bits per heavy atom. The molecule has 0 heterocycles. The average Bonchev–Trinajstić information content (AvgIpc) is 2.41. The third-order valence-electron chi connectivity index (χ3n) is 2.95. The number of hydrogen-bond acceptors (Lipinski definition) is 3. The van der Waals surface area contributed by atoms with Gasteiger partial charge in [-0.25, -0.2) is 0 Å². The number of anilines is 1. The molecule has 0 aliphatic rings. The first kappa shape index (κ1) is 12.7. The lowest BCUT2D eigenvalue weighted by molar-refractivity contribution is -0.137. The summed E-state index contributed by atoms with van der Waals surface area (Å²) in [6.07, 6.45) is 0. The van der Waals surface area contributed by atoms with Gasteiger partial charge >= 0.3 is 5.97 Å². The Balaban J connectivity index is 2.63. The van der Waals surface area contributed by atoms with Crippen LogP contribution in [-0.2, 0) is 4.79 Å². The van der Waals surface area contributed by atoms with Gasteiger partial charge in [0.25, 0.3) is 0 Å². The predicted molar refractivity (Wildman–Crippen MR) is 71.5 cm³/mol. The minimum absolute atomic E-state index is 0.346. The molecule has 4 heteroatoms. The topological polar surface area (TPSA) is 87.1 Å². The first-order chi connectivity index (χ1) is 9.15. The van der Waals surface area contributed by atoms with Crippen molar-refractivity contribution in [2.75, 3.05) is 5.73 Å².